The van der Waals surface area contributed by atoms with E-state index >= 15 is 0 Å². The van der Waals surface area contributed by atoms with E-state index in [9.17, 15) is 4.79 Å². The molecule has 1 aliphatic heterocycles. The van der Waals surface area contributed by atoms with E-state index in [0.717, 1.165) is 99.4 Å². The number of imidazole rings is 1. The second kappa shape index (κ2) is 15.2. The van der Waals surface area contributed by atoms with Crippen molar-refractivity contribution in [3.8, 4) is 23.0 Å². The van der Waals surface area contributed by atoms with Crippen molar-refractivity contribution in [1.82, 2.24) is 19.8 Å². The molecular weight excluding hydrogens is 507 g/mol. The van der Waals surface area contributed by atoms with Crippen LogP contribution in [-0.2, 0) is 21.3 Å². The minimum absolute atomic E-state index is 0.0881. The van der Waals surface area contributed by atoms with Crippen LogP contribution in [0.3, 0.4) is 0 Å². The number of carbonyl (C=O) groups excluding carboxylic acids is 1. The average molecular weight is 551 g/mol. The molecule has 1 saturated carbocycles. The predicted octanol–water partition coefficient (Wildman–Crippen LogP) is 4.63. The molecule has 1 saturated heterocycles. The van der Waals surface area contributed by atoms with Crippen molar-refractivity contribution >= 4 is 14.1 Å². The van der Waals surface area contributed by atoms with Gasteiger partial charge in [-0.15, -0.1) is 0 Å². The van der Waals surface area contributed by atoms with Crippen LogP contribution in [0.4, 0.5) is 0 Å². The van der Waals surface area contributed by atoms with E-state index in [-0.39, 0.29) is 17.3 Å². The molecule has 214 valence electrons. The fourth-order valence-corrected chi connectivity index (χ4v) is 5.41. The molecule has 1 aromatic heterocycles. The first-order chi connectivity index (χ1) is 20.0. The molecule has 6 nitrogen and oxygen atoms in total. The van der Waals surface area contributed by atoms with Gasteiger partial charge in [0, 0.05) is 56.5 Å². The summed E-state index contributed by atoms with van der Waals surface area (Å²) in [6, 6.07) is 16.8. The summed E-state index contributed by atoms with van der Waals surface area (Å²) >= 11 is 0. The van der Waals surface area contributed by atoms with Crippen molar-refractivity contribution in [2.75, 3.05) is 46.4 Å². The molecule has 0 bridgehead atoms. The number of aryl methyl sites for hydroxylation is 1. The van der Waals surface area contributed by atoms with E-state index < -0.39 is 0 Å². The Balaban J connectivity index is 0.000000328. The molecule has 2 fully saturated rings. The Hall–Kier alpha value is -3.18. The van der Waals surface area contributed by atoms with Gasteiger partial charge < -0.3 is 19.4 Å². The number of ether oxygens (including phenoxy) is 1. The molecule has 2 radical (unpaired) electrons. The first kappa shape index (κ1) is 30.8. The summed E-state index contributed by atoms with van der Waals surface area (Å²) in [5.41, 5.74) is 4.40. The van der Waals surface area contributed by atoms with E-state index in [0.29, 0.717) is 0 Å². The van der Waals surface area contributed by atoms with Gasteiger partial charge in [0.1, 0.15) is 12.1 Å². The first-order valence-corrected chi connectivity index (χ1v) is 14.9. The third-order valence-corrected chi connectivity index (χ3v) is 7.97. The van der Waals surface area contributed by atoms with Gasteiger partial charge in [-0.1, -0.05) is 60.7 Å². The van der Waals surface area contributed by atoms with Gasteiger partial charge in [0.25, 0.3) is 0 Å². The number of nitrogens with zero attached hydrogens (tertiary/aromatic N) is 3. The zero-order valence-corrected chi connectivity index (χ0v) is 24.8. The molecule has 0 amide bonds. The third kappa shape index (κ3) is 8.42. The number of benzene rings is 2. The molecule has 7 heteroatoms. The van der Waals surface area contributed by atoms with Gasteiger partial charge in [-0.05, 0) is 61.8 Å². The summed E-state index contributed by atoms with van der Waals surface area (Å²) in [4.78, 5) is 17.7. The van der Waals surface area contributed by atoms with Gasteiger partial charge in [0.05, 0.1) is 27.1 Å². The monoisotopic (exact) mass is 550 g/mol. The molecule has 2 aliphatic rings. The fraction of sp³-hybridized carbons (Fsp3) is 0.471. The summed E-state index contributed by atoms with van der Waals surface area (Å²) in [6.07, 6.45) is 8.39. The van der Waals surface area contributed by atoms with Crippen LogP contribution in [0.1, 0.15) is 56.1 Å². The number of morpholine rings is 1. The molecule has 0 unspecified atom stereocenters. The van der Waals surface area contributed by atoms with Gasteiger partial charge in [0.15, 0.2) is 0 Å². The fourth-order valence-electron chi connectivity index (χ4n) is 5.41. The molecule has 5 rings (SSSR count). The highest BCUT2D eigenvalue weighted by molar-refractivity contribution is 6.17. The van der Waals surface area contributed by atoms with Crippen LogP contribution in [0.5, 0.6) is 0 Å². The number of carbonyl (C=O) groups is 1. The summed E-state index contributed by atoms with van der Waals surface area (Å²) in [6.45, 7) is 10.5. The van der Waals surface area contributed by atoms with Crippen molar-refractivity contribution in [3.63, 3.8) is 0 Å². The second-order valence-corrected chi connectivity index (χ2v) is 11.1. The summed E-state index contributed by atoms with van der Waals surface area (Å²) in [5, 5.41) is 2.78. The lowest BCUT2D eigenvalue weighted by Crippen LogP contribution is -2.42. The highest BCUT2D eigenvalue weighted by Gasteiger charge is 2.40. The van der Waals surface area contributed by atoms with E-state index in [4.69, 9.17) is 12.6 Å². The number of hydrogen-bond acceptors (Lipinski definition) is 5. The van der Waals surface area contributed by atoms with Gasteiger partial charge in [-0.3, -0.25) is 4.90 Å². The molecule has 1 N–H and O–H groups in total. The largest absolute Gasteiger partial charge is 0.379 e. The summed E-state index contributed by atoms with van der Waals surface area (Å²) in [7, 11) is 8.42. The van der Waals surface area contributed by atoms with E-state index in [1.807, 2.05) is 19.4 Å². The zero-order valence-electron chi connectivity index (χ0n) is 24.8. The standard InChI is InChI=1S/C27H27BN2O.C7H16N2O/c1-3-4-26-29-15-16-30(26)20(2)5-6-21-7-9-23(10-8-21)24-11-13-25(14-12-24)27(28)17-22(18-27)19-31;1-8-2-3-9-4-6-10-7-5-9/h7-16,19-20,22H,3-4,17-18H2,1-2H3;8H,2-7H2,1H3/t20-,22?,27?;/m1./s1. The van der Waals surface area contributed by atoms with Gasteiger partial charge in [-0.25, -0.2) is 4.98 Å². The molecule has 1 aliphatic carbocycles. The normalized spacial score (nSPS) is 21.0. The number of rotatable bonds is 9. The smallest absolute Gasteiger partial charge is 0.123 e. The maximum Gasteiger partial charge on any atom is 0.123 e. The van der Waals surface area contributed by atoms with Gasteiger partial charge >= 0.3 is 0 Å². The summed E-state index contributed by atoms with van der Waals surface area (Å²) < 4.78 is 7.37. The Morgan fingerprint density at radius 2 is 1.78 bits per heavy atom. The lowest BCUT2D eigenvalue weighted by atomic mass is 9.48. The summed E-state index contributed by atoms with van der Waals surface area (Å²) in [5.74, 6) is 7.82. The van der Waals surface area contributed by atoms with Crippen LogP contribution in [0.2, 0.25) is 0 Å². The molecular formula is C34H43BN4O2. The Morgan fingerprint density at radius 3 is 2.39 bits per heavy atom. The highest BCUT2D eigenvalue weighted by atomic mass is 16.5. The van der Waals surface area contributed by atoms with Crippen molar-refractivity contribution in [2.24, 2.45) is 5.92 Å². The Bertz CT molecular complexity index is 1280. The molecule has 2 aromatic carbocycles. The Morgan fingerprint density at radius 1 is 1.12 bits per heavy atom. The minimum atomic E-state index is -0.355. The van der Waals surface area contributed by atoms with Crippen LogP contribution in [-0.4, -0.2) is 75.0 Å². The Kier molecular flexibility index (Phi) is 11.4. The van der Waals surface area contributed by atoms with Crippen LogP contribution in [0, 0.1) is 17.8 Å². The van der Waals surface area contributed by atoms with Crippen LogP contribution in [0.15, 0.2) is 60.9 Å². The Labute approximate surface area is 247 Å². The van der Waals surface area contributed by atoms with E-state index in [2.05, 4.69) is 94.0 Å². The first-order valence-electron chi connectivity index (χ1n) is 14.9. The highest BCUT2D eigenvalue weighted by Crippen LogP contribution is 2.44. The molecule has 3 aromatic rings. The maximum absolute atomic E-state index is 10.9. The second-order valence-electron chi connectivity index (χ2n) is 11.1. The van der Waals surface area contributed by atoms with Crippen LogP contribution >= 0.6 is 0 Å². The van der Waals surface area contributed by atoms with E-state index in [1.54, 1.807) is 0 Å². The van der Waals surface area contributed by atoms with E-state index in [1.165, 1.54) is 0 Å². The van der Waals surface area contributed by atoms with Gasteiger partial charge in [-0.2, -0.15) is 0 Å². The van der Waals surface area contributed by atoms with Crippen LogP contribution < -0.4 is 5.32 Å². The third-order valence-electron chi connectivity index (χ3n) is 7.97. The SMILES string of the molecule is CNCCN1CCOCC1.[B]C1(c2ccc(-c3ccc(C#C[C@@H](C)n4ccnc4CCC)cc3)cc2)CC(C=O)C1. The minimum Gasteiger partial charge on any atom is -0.379 e. The predicted molar refractivity (Wildman–Crippen MR) is 167 cm³/mol. The zero-order chi connectivity index (χ0) is 29.1. The number of likely N-dealkylation sites (N-methyl/N-ethyl adjacent to an activating group) is 1. The topological polar surface area (TPSA) is 59.4 Å². The van der Waals surface area contributed by atoms with Crippen molar-refractivity contribution in [3.05, 3.63) is 77.9 Å². The van der Waals surface area contributed by atoms with Crippen LogP contribution in [0.25, 0.3) is 11.1 Å². The number of aldehydes is 1. The number of nitrogens with one attached hydrogen (secondary N) is 1. The number of hydrogen-bond donors (Lipinski definition) is 1. The number of aromatic nitrogens is 2. The van der Waals surface area contributed by atoms with Crippen molar-refractivity contribution < 1.29 is 9.53 Å². The van der Waals surface area contributed by atoms with Gasteiger partial charge in [0.2, 0.25) is 0 Å². The average Bonchev–Trinajstić information content (AvgIpc) is 3.47. The molecule has 41 heavy (non-hydrogen) atoms. The van der Waals surface area contributed by atoms with Crippen molar-refractivity contribution in [1.29, 1.82) is 0 Å². The lowest BCUT2D eigenvalue weighted by molar-refractivity contribution is -0.114. The van der Waals surface area contributed by atoms with Crippen molar-refractivity contribution in [2.45, 2.75) is 50.9 Å². The lowest BCUT2D eigenvalue weighted by Gasteiger charge is -2.44. The maximum atomic E-state index is 10.9. The molecule has 0 spiro atoms. The molecule has 1 atom stereocenters. The quantitative estimate of drug-likeness (QED) is 0.239. The molecule has 2 heterocycles.